The minimum absolute atomic E-state index is 1.02. The molecule has 0 radical (unpaired) electrons. The second-order valence-corrected chi connectivity index (χ2v) is 4.01. The molecule has 2 aromatic carbocycles. The summed E-state index contributed by atoms with van der Waals surface area (Å²) in [5, 5.41) is 0. The average molecular weight is 209 g/mol. The lowest BCUT2D eigenvalue weighted by Crippen LogP contribution is -1.80. The molecule has 0 atom stereocenters. The number of aryl methyl sites for hydroxylation is 2. The van der Waals surface area contributed by atoms with Gasteiger partial charge in [0.2, 0.25) is 0 Å². The van der Waals surface area contributed by atoms with Crippen molar-refractivity contribution in [3.8, 4) is 0 Å². The Hall–Kier alpha value is -1.89. The van der Waals surface area contributed by atoms with Crippen LogP contribution in [0.3, 0.4) is 0 Å². The summed E-state index contributed by atoms with van der Waals surface area (Å²) in [6.45, 7) is 4.18. The van der Waals surface area contributed by atoms with Gasteiger partial charge in [0.25, 0.3) is 0 Å². The van der Waals surface area contributed by atoms with Crippen molar-refractivity contribution in [2.75, 3.05) is 0 Å². The third-order valence-corrected chi connectivity index (χ3v) is 2.37. The molecule has 0 amide bonds. The van der Waals surface area contributed by atoms with Crippen molar-refractivity contribution in [3.63, 3.8) is 0 Å². The van der Waals surface area contributed by atoms with E-state index in [0.29, 0.717) is 0 Å². The van der Waals surface area contributed by atoms with Gasteiger partial charge in [0, 0.05) is 6.21 Å². The number of aliphatic imine (C=N–C) groups is 1. The first kappa shape index (κ1) is 10.6. The fourth-order valence-corrected chi connectivity index (χ4v) is 1.71. The van der Waals surface area contributed by atoms with Crippen LogP contribution in [0.4, 0.5) is 5.69 Å². The molecule has 0 aliphatic rings. The van der Waals surface area contributed by atoms with Gasteiger partial charge in [-0.15, -0.1) is 0 Å². The van der Waals surface area contributed by atoms with E-state index >= 15 is 0 Å². The van der Waals surface area contributed by atoms with Crippen molar-refractivity contribution in [1.29, 1.82) is 0 Å². The zero-order valence-corrected chi connectivity index (χ0v) is 9.64. The van der Waals surface area contributed by atoms with E-state index < -0.39 is 0 Å². The van der Waals surface area contributed by atoms with Gasteiger partial charge in [-0.05, 0) is 42.7 Å². The van der Waals surface area contributed by atoms with Crippen LogP contribution in [-0.2, 0) is 0 Å². The molecule has 2 aromatic rings. The van der Waals surface area contributed by atoms with Crippen LogP contribution in [0.2, 0.25) is 0 Å². The van der Waals surface area contributed by atoms with Crippen LogP contribution in [0.15, 0.2) is 53.5 Å². The van der Waals surface area contributed by atoms with Crippen LogP contribution in [0.5, 0.6) is 0 Å². The maximum absolute atomic E-state index is 4.47. The third-order valence-electron chi connectivity index (χ3n) is 2.37. The minimum atomic E-state index is 1.02. The molecule has 16 heavy (non-hydrogen) atoms. The lowest BCUT2D eigenvalue weighted by atomic mass is 10.1. The monoisotopic (exact) mass is 209 g/mol. The first-order valence-electron chi connectivity index (χ1n) is 5.41. The van der Waals surface area contributed by atoms with Crippen molar-refractivity contribution in [2.24, 2.45) is 4.99 Å². The molecule has 0 aliphatic heterocycles. The molecule has 0 spiro atoms. The highest BCUT2D eigenvalue weighted by Gasteiger charge is 1.92. The summed E-state index contributed by atoms with van der Waals surface area (Å²) < 4.78 is 0. The van der Waals surface area contributed by atoms with Gasteiger partial charge < -0.3 is 0 Å². The zero-order valence-electron chi connectivity index (χ0n) is 9.64. The summed E-state index contributed by atoms with van der Waals surface area (Å²) in [5.74, 6) is 0. The zero-order chi connectivity index (χ0) is 11.4. The van der Waals surface area contributed by atoms with E-state index in [1.807, 2.05) is 36.5 Å². The largest absolute Gasteiger partial charge is 0.256 e. The summed E-state index contributed by atoms with van der Waals surface area (Å²) in [5.41, 5.74) is 4.64. The van der Waals surface area contributed by atoms with Crippen LogP contribution >= 0.6 is 0 Å². The Morgan fingerprint density at radius 3 is 2.12 bits per heavy atom. The summed E-state index contributed by atoms with van der Waals surface area (Å²) in [6, 6.07) is 16.5. The normalized spacial score (nSPS) is 10.9. The molecule has 0 saturated heterocycles. The van der Waals surface area contributed by atoms with Crippen molar-refractivity contribution >= 4 is 11.9 Å². The van der Waals surface area contributed by atoms with E-state index in [2.05, 4.69) is 37.0 Å². The van der Waals surface area contributed by atoms with Crippen molar-refractivity contribution < 1.29 is 0 Å². The second-order valence-electron chi connectivity index (χ2n) is 4.01. The number of hydrogen-bond donors (Lipinski definition) is 0. The molecule has 2 rings (SSSR count). The van der Waals surface area contributed by atoms with Gasteiger partial charge in [0.1, 0.15) is 0 Å². The van der Waals surface area contributed by atoms with Gasteiger partial charge in [-0.25, -0.2) is 0 Å². The van der Waals surface area contributed by atoms with Crippen LogP contribution in [0.1, 0.15) is 16.7 Å². The van der Waals surface area contributed by atoms with E-state index in [1.165, 1.54) is 11.1 Å². The molecule has 0 aromatic heterocycles. The van der Waals surface area contributed by atoms with Crippen LogP contribution in [0.25, 0.3) is 0 Å². The predicted octanol–water partition coefficient (Wildman–Crippen LogP) is 4.05. The van der Waals surface area contributed by atoms with E-state index in [9.17, 15) is 0 Å². The fraction of sp³-hybridized carbons (Fsp3) is 0.133. The van der Waals surface area contributed by atoms with Gasteiger partial charge >= 0.3 is 0 Å². The Morgan fingerprint density at radius 2 is 1.50 bits per heavy atom. The molecule has 1 nitrogen and oxygen atoms in total. The lowest BCUT2D eigenvalue weighted by molar-refractivity contribution is 1.36. The highest BCUT2D eigenvalue weighted by molar-refractivity contribution is 5.81. The van der Waals surface area contributed by atoms with Crippen molar-refractivity contribution in [3.05, 3.63) is 65.2 Å². The Balaban J connectivity index is 2.24. The van der Waals surface area contributed by atoms with E-state index in [1.54, 1.807) is 0 Å². The van der Waals surface area contributed by atoms with E-state index in [4.69, 9.17) is 0 Å². The van der Waals surface area contributed by atoms with Gasteiger partial charge in [-0.2, -0.15) is 0 Å². The quantitative estimate of drug-likeness (QED) is 0.661. The summed E-state index contributed by atoms with van der Waals surface area (Å²) in [4.78, 5) is 4.47. The van der Waals surface area contributed by atoms with E-state index in [-0.39, 0.29) is 0 Å². The van der Waals surface area contributed by atoms with Crippen LogP contribution in [-0.4, -0.2) is 6.21 Å². The second kappa shape index (κ2) is 4.75. The minimum Gasteiger partial charge on any atom is -0.256 e. The Labute approximate surface area is 96.5 Å². The maximum atomic E-state index is 4.47. The number of hydrogen-bond acceptors (Lipinski definition) is 1. The molecule has 1 heteroatoms. The van der Waals surface area contributed by atoms with Gasteiger partial charge in [0.05, 0.1) is 5.69 Å². The first-order chi connectivity index (χ1) is 7.74. The van der Waals surface area contributed by atoms with E-state index in [0.717, 1.165) is 11.3 Å². The topological polar surface area (TPSA) is 12.4 Å². The standard InChI is InChI=1S/C15H15N/c1-12-8-13(2)10-15(9-12)16-11-14-6-4-3-5-7-14/h3-11H,1-2H3. The molecule has 0 aliphatic carbocycles. The van der Waals surface area contributed by atoms with Gasteiger partial charge in [-0.1, -0.05) is 36.4 Å². The van der Waals surface area contributed by atoms with Crippen molar-refractivity contribution in [2.45, 2.75) is 13.8 Å². The SMILES string of the molecule is Cc1cc(C)cc(N=Cc2ccccc2)c1. The molecule has 0 bridgehead atoms. The third kappa shape index (κ3) is 2.80. The number of benzene rings is 2. The molecule has 0 saturated carbocycles. The summed E-state index contributed by atoms with van der Waals surface area (Å²) in [6.07, 6.45) is 1.90. The molecule has 80 valence electrons. The molecular formula is C15H15N. The average Bonchev–Trinajstić information content (AvgIpc) is 2.27. The van der Waals surface area contributed by atoms with Gasteiger partial charge in [0.15, 0.2) is 0 Å². The molecule has 0 fully saturated rings. The number of nitrogens with zero attached hydrogens (tertiary/aromatic N) is 1. The number of rotatable bonds is 2. The smallest absolute Gasteiger partial charge is 0.0635 e. The Morgan fingerprint density at radius 1 is 0.875 bits per heavy atom. The van der Waals surface area contributed by atoms with Crippen LogP contribution < -0.4 is 0 Å². The molecule has 0 N–H and O–H groups in total. The lowest BCUT2D eigenvalue weighted by Gasteiger charge is -1.99. The fourth-order valence-electron chi connectivity index (χ4n) is 1.71. The molecule has 0 heterocycles. The first-order valence-corrected chi connectivity index (χ1v) is 5.41. The Kier molecular flexibility index (Phi) is 3.16. The molecule has 0 unspecified atom stereocenters. The van der Waals surface area contributed by atoms with Crippen molar-refractivity contribution in [1.82, 2.24) is 0 Å². The maximum Gasteiger partial charge on any atom is 0.0635 e. The highest BCUT2D eigenvalue weighted by atomic mass is 14.7. The Bertz CT molecular complexity index is 478. The highest BCUT2D eigenvalue weighted by Crippen LogP contribution is 2.16. The van der Waals surface area contributed by atoms with Crippen LogP contribution in [0, 0.1) is 13.8 Å². The summed E-state index contributed by atoms with van der Waals surface area (Å²) >= 11 is 0. The summed E-state index contributed by atoms with van der Waals surface area (Å²) in [7, 11) is 0. The molecular weight excluding hydrogens is 194 g/mol. The predicted molar refractivity (Wildman–Crippen MR) is 69.6 cm³/mol. The van der Waals surface area contributed by atoms with Gasteiger partial charge in [-0.3, -0.25) is 4.99 Å².